The van der Waals surface area contributed by atoms with Gasteiger partial charge < -0.3 is 9.72 Å². The predicted octanol–water partition coefficient (Wildman–Crippen LogP) is 5.34. The van der Waals surface area contributed by atoms with Gasteiger partial charge in [0.15, 0.2) is 0 Å². The first-order chi connectivity index (χ1) is 13.0. The summed E-state index contributed by atoms with van der Waals surface area (Å²) < 4.78 is 4.95. The number of halogens is 1. The molecule has 3 aromatic carbocycles. The topological polar surface area (TPSA) is 85.2 Å². The molecule has 7 heteroatoms. The normalized spacial score (nSPS) is 11.0. The zero-order valence-corrected chi connectivity index (χ0v) is 14.9. The first-order valence-corrected chi connectivity index (χ1v) is 8.45. The number of carbonyl (C=O) groups excluding carboxylic acids is 1. The Kier molecular flexibility index (Phi) is 4.05. The van der Waals surface area contributed by atoms with Gasteiger partial charge in [-0.05, 0) is 23.8 Å². The minimum absolute atomic E-state index is 0.125. The molecule has 0 aliphatic rings. The van der Waals surface area contributed by atoms with E-state index in [-0.39, 0.29) is 16.8 Å². The van der Waals surface area contributed by atoms with Crippen LogP contribution in [0.2, 0.25) is 5.02 Å². The largest absolute Gasteiger partial charge is 0.465 e. The smallest absolute Gasteiger partial charge is 0.340 e. The Hall–Kier alpha value is -3.38. The molecule has 1 heterocycles. The Morgan fingerprint density at radius 2 is 1.81 bits per heavy atom. The van der Waals surface area contributed by atoms with Crippen molar-refractivity contribution in [3.63, 3.8) is 0 Å². The lowest BCUT2D eigenvalue weighted by Crippen LogP contribution is -2.07. The molecular formula is C20H13ClN2O4. The Balaban J connectivity index is 2.21. The molecule has 134 valence electrons. The Bertz CT molecular complexity index is 1210. The van der Waals surface area contributed by atoms with Crippen molar-refractivity contribution in [1.29, 1.82) is 0 Å². The molecule has 0 aliphatic heterocycles. The molecular weight excluding hydrogens is 368 g/mol. The summed E-state index contributed by atoms with van der Waals surface area (Å²) in [5, 5.41) is 13.7. The van der Waals surface area contributed by atoms with Crippen LogP contribution in [0.15, 0.2) is 54.6 Å². The van der Waals surface area contributed by atoms with Crippen LogP contribution in [0.1, 0.15) is 10.4 Å². The van der Waals surface area contributed by atoms with E-state index >= 15 is 0 Å². The fourth-order valence-electron chi connectivity index (χ4n) is 3.33. The molecule has 4 aromatic rings. The van der Waals surface area contributed by atoms with Gasteiger partial charge in [0.2, 0.25) is 0 Å². The van der Waals surface area contributed by atoms with Gasteiger partial charge in [-0.1, -0.05) is 41.9 Å². The number of fused-ring (bicyclic) bond motifs is 3. The third-order valence-corrected chi connectivity index (χ3v) is 4.75. The number of rotatable bonds is 3. The van der Waals surface area contributed by atoms with Gasteiger partial charge >= 0.3 is 5.97 Å². The zero-order chi connectivity index (χ0) is 19.1. The van der Waals surface area contributed by atoms with Crippen molar-refractivity contribution in [3.8, 4) is 11.1 Å². The first kappa shape index (κ1) is 17.1. The van der Waals surface area contributed by atoms with Gasteiger partial charge in [0.05, 0.1) is 28.7 Å². The number of ether oxygens (including phenoxy) is 1. The number of hydrogen-bond acceptors (Lipinski definition) is 4. The van der Waals surface area contributed by atoms with Gasteiger partial charge in [0, 0.05) is 27.4 Å². The summed E-state index contributed by atoms with van der Waals surface area (Å²) in [6.45, 7) is 0. The van der Waals surface area contributed by atoms with E-state index in [4.69, 9.17) is 16.3 Å². The summed E-state index contributed by atoms with van der Waals surface area (Å²) >= 11 is 5.95. The minimum Gasteiger partial charge on any atom is -0.465 e. The molecule has 4 rings (SSSR count). The molecule has 0 aliphatic carbocycles. The van der Waals surface area contributed by atoms with E-state index in [0.717, 1.165) is 10.9 Å². The fraction of sp³-hybridized carbons (Fsp3) is 0.0500. The highest BCUT2D eigenvalue weighted by Gasteiger charge is 2.29. The monoisotopic (exact) mass is 380 g/mol. The molecule has 0 saturated carbocycles. The summed E-state index contributed by atoms with van der Waals surface area (Å²) in [4.78, 5) is 27.2. The number of carbonyl (C=O) groups is 1. The molecule has 0 amide bonds. The first-order valence-electron chi connectivity index (χ1n) is 8.07. The predicted molar refractivity (Wildman–Crippen MR) is 104 cm³/mol. The van der Waals surface area contributed by atoms with Crippen molar-refractivity contribution in [2.45, 2.75) is 0 Å². The number of nitrogens with one attached hydrogen (secondary N) is 1. The Morgan fingerprint density at radius 1 is 1.11 bits per heavy atom. The van der Waals surface area contributed by atoms with E-state index in [0.29, 0.717) is 21.5 Å². The van der Waals surface area contributed by atoms with E-state index in [9.17, 15) is 14.9 Å². The number of aromatic amines is 1. The van der Waals surface area contributed by atoms with Crippen LogP contribution in [-0.4, -0.2) is 23.0 Å². The van der Waals surface area contributed by atoms with Crippen LogP contribution in [0.4, 0.5) is 5.69 Å². The highest BCUT2D eigenvalue weighted by atomic mass is 35.5. The van der Waals surface area contributed by atoms with Crippen LogP contribution in [-0.2, 0) is 4.74 Å². The van der Waals surface area contributed by atoms with Crippen LogP contribution in [0.3, 0.4) is 0 Å². The summed E-state index contributed by atoms with van der Waals surface area (Å²) in [6.07, 6.45) is 0. The third-order valence-electron chi connectivity index (χ3n) is 4.50. The number of nitro benzene ring substituents is 1. The van der Waals surface area contributed by atoms with Gasteiger partial charge in [-0.3, -0.25) is 10.1 Å². The number of aromatic nitrogens is 1. The molecule has 1 aromatic heterocycles. The quantitative estimate of drug-likeness (QED) is 0.295. The molecule has 27 heavy (non-hydrogen) atoms. The SMILES string of the molecule is COC(=O)c1c(-c2ccc(Cl)cc2)c([N+](=O)[O-])cc2c1[nH]c1ccccc12. The third kappa shape index (κ3) is 2.71. The second kappa shape index (κ2) is 6.41. The van der Waals surface area contributed by atoms with Gasteiger partial charge in [0.1, 0.15) is 0 Å². The van der Waals surface area contributed by atoms with Crippen LogP contribution in [0, 0.1) is 10.1 Å². The van der Waals surface area contributed by atoms with Crippen LogP contribution in [0.25, 0.3) is 32.9 Å². The van der Waals surface area contributed by atoms with Crippen LogP contribution >= 0.6 is 11.6 Å². The maximum absolute atomic E-state index is 12.6. The van der Waals surface area contributed by atoms with E-state index < -0.39 is 10.9 Å². The number of para-hydroxylation sites is 1. The second-order valence-electron chi connectivity index (χ2n) is 5.99. The van der Waals surface area contributed by atoms with Gasteiger partial charge in [-0.15, -0.1) is 0 Å². The number of H-pyrrole nitrogens is 1. The summed E-state index contributed by atoms with van der Waals surface area (Å²) in [6, 6.07) is 15.4. The van der Waals surface area contributed by atoms with Crippen molar-refractivity contribution < 1.29 is 14.5 Å². The number of benzene rings is 3. The molecule has 6 nitrogen and oxygen atoms in total. The van der Waals surface area contributed by atoms with E-state index in [1.54, 1.807) is 24.3 Å². The summed E-state index contributed by atoms with van der Waals surface area (Å²) in [5.74, 6) is -0.653. The molecule has 0 atom stereocenters. The van der Waals surface area contributed by atoms with Crippen molar-refractivity contribution in [1.82, 2.24) is 4.98 Å². The van der Waals surface area contributed by atoms with E-state index in [1.165, 1.54) is 13.2 Å². The second-order valence-corrected chi connectivity index (χ2v) is 6.43. The minimum atomic E-state index is -0.653. The number of methoxy groups -OCH3 is 1. The van der Waals surface area contributed by atoms with E-state index in [1.807, 2.05) is 24.3 Å². The molecule has 0 radical (unpaired) electrons. The number of hydrogen-bond donors (Lipinski definition) is 1. The summed E-state index contributed by atoms with van der Waals surface area (Å²) in [5.41, 5.74) is 1.93. The zero-order valence-electron chi connectivity index (χ0n) is 14.2. The average Bonchev–Trinajstić information content (AvgIpc) is 3.05. The van der Waals surface area contributed by atoms with Crippen molar-refractivity contribution in [3.05, 3.63) is 75.3 Å². The molecule has 1 N–H and O–H groups in total. The van der Waals surface area contributed by atoms with Crippen molar-refractivity contribution in [2.75, 3.05) is 7.11 Å². The molecule has 0 spiro atoms. The maximum atomic E-state index is 12.6. The van der Waals surface area contributed by atoms with Crippen molar-refractivity contribution >= 4 is 45.1 Å². The van der Waals surface area contributed by atoms with Gasteiger partial charge in [0.25, 0.3) is 5.69 Å². The molecule has 0 fully saturated rings. The average molecular weight is 381 g/mol. The Labute approximate surface area is 158 Å². The van der Waals surface area contributed by atoms with Crippen LogP contribution in [0.5, 0.6) is 0 Å². The van der Waals surface area contributed by atoms with Gasteiger partial charge in [-0.2, -0.15) is 0 Å². The molecule has 0 saturated heterocycles. The molecule has 0 unspecified atom stereocenters. The Morgan fingerprint density at radius 3 is 2.48 bits per heavy atom. The highest BCUT2D eigenvalue weighted by molar-refractivity contribution is 6.30. The number of esters is 1. The number of nitro groups is 1. The lowest BCUT2D eigenvalue weighted by atomic mass is 9.94. The molecule has 0 bridgehead atoms. The van der Waals surface area contributed by atoms with E-state index in [2.05, 4.69) is 4.98 Å². The fourth-order valence-corrected chi connectivity index (χ4v) is 3.46. The van der Waals surface area contributed by atoms with Gasteiger partial charge in [-0.25, -0.2) is 4.79 Å². The number of nitrogens with zero attached hydrogens (tertiary/aromatic N) is 1. The van der Waals surface area contributed by atoms with Crippen LogP contribution < -0.4 is 0 Å². The lowest BCUT2D eigenvalue weighted by molar-refractivity contribution is -0.384. The standard InChI is InChI=1S/C20H13ClN2O4/c1-27-20(24)18-17(11-6-8-12(21)9-7-11)16(23(25)26)10-14-13-4-2-3-5-15(13)22-19(14)18/h2-10,22H,1H3. The summed E-state index contributed by atoms with van der Waals surface area (Å²) in [7, 11) is 1.25. The highest BCUT2D eigenvalue weighted by Crippen LogP contribution is 2.41. The maximum Gasteiger partial charge on any atom is 0.340 e. The van der Waals surface area contributed by atoms with Crippen molar-refractivity contribution in [2.24, 2.45) is 0 Å². The lowest BCUT2D eigenvalue weighted by Gasteiger charge is -2.11.